The Kier molecular flexibility index (Phi) is 4.68. The van der Waals surface area contributed by atoms with Gasteiger partial charge < -0.3 is 30.2 Å². The minimum absolute atomic E-state index is 0.137. The average Bonchev–Trinajstić information content (AvgIpc) is 3.04. The molecule has 1 unspecified atom stereocenters. The molecule has 1 aliphatic heterocycles. The molecule has 0 amide bonds. The number of anilines is 1. The maximum atomic E-state index is 12.5. The highest BCUT2D eigenvalue weighted by atomic mass is 16.8. The van der Waals surface area contributed by atoms with Crippen LogP contribution in [0.2, 0.25) is 0 Å². The molecule has 0 radical (unpaired) electrons. The lowest BCUT2D eigenvalue weighted by molar-refractivity contribution is -0.130. The van der Waals surface area contributed by atoms with E-state index < -0.39 is 35.7 Å². The zero-order valence-corrected chi connectivity index (χ0v) is 18.7. The fraction of sp³-hybridized carbons (Fsp3) is 0.435. The van der Waals surface area contributed by atoms with Gasteiger partial charge in [0.15, 0.2) is 17.5 Å². The second-order valence-corrected chi connectivity index (χ2v) is 9.18. The zero-order valence-electron chi connectivity index (χ0n) is 18.7. The highest BCUT2D eigenvalue weighted by molar-refractivity contribution is 5.67. The summed E-state index contributed by atoms with van der Waals surface area (Å²) in [6, 6.07) is 9.01. The molecular weight excluding hydrogens is 428 g/mol. The van der Waals surface area contributed by atoms with E-state index >= 15 is 0 Å². The molecule has 1 aliphatic carbocycles. The summed E-state index contributed by atoms with van der Waals surface area (Å²) < 4.78 is 18.3. The summed E-state index contributed by atoms with van der Waals surface area (Å²) in [5, 5.41) is 26.3. The maximum absolute atomic E-state index is 12.5. The zero-order chi connectivity index (χ0) is 23.7. The third-order valence-corrected chi connectivity index (χ3v) is 6.61. The SMILES string of the molecule is Cc1ccc(C(C)C)c(OC(=O)OC2[C@H]3O[C@@](C)(c4ccc5c(N)ncnn45)[C@H](O)[C@@]23O)c1. The highest BCUT2D eigenvalue weighted by Crippen LogP contribution is 2.59. The number of carbonyl (C=O) groups is 1. The van der Waals surface area contributed by atoms with Crippen molar-refractivity contribution in [1.82, 2.24) is 14.6 Å². The predicted octanol–water partition coefficient (Wildman–Crippen LogP) is 2.05. The van der Waals surface area contributed by atoms with Crippen molar-refractivity contribution in [2.45, 2.75) is 63.1 Å². The minimum Gasteiger partial charge on any atom is -0.424 e. The van der Waals surface area contributed by atoms with Crippen LogP contribution in [-0.4, -0.2) is 54.9 Å². The van der Waals surface area contributed by atoms with E-state index in [1.54, 1.807) is 25.1 Å². The quantitative estimate of drug-likeness (QED) is 0.399. The number of carbonyl (C=O) groups excluding carboxylic acids is 1. The Balaban J connectivity index is 1.33. The molecule has 3 aromatic rings. The van der Waals surface area contributed by atoms with Crippen LogP contribution in [0.1, 0.15) is 43.5 Å². The Hall–Kier alpha value is -3.21. The van der Waals surface area contributed by atoms with Crippen molar-refractivity contribution in [2.75, 3.05) is 5.73 Å². The third-order valence-electron chi connectivity index (χ3n) is 6.61. The van der Waals surface area contributed by atoms with E-state index in [0.29, 0.717) is 17.0 Å². The van der Waals surface area contributed by atoms with Crippen LogP contribution in [0.4, 0.5) is 10.6 Å². The fourth-order valence-corrected chi connectivity index (χ4v) is 4.68. The Morgan fingerprint density at radius 3 is 2.73 bits per heavy atom. The van der Waals surface area contributed by atoms with Gasteiger partial charge in [-0.1, -0.05) is 26.0 Å². The van der Waals surface area contributed by atoms with E-state index in [0.717, 1.165) is 11.1 Å². The van der Waals surface area contributed by atoms with E-state index in [9.17, 15) is 15.0 Å². The van der Waals surface area contributed by atoms with Crippen LogP contribution in [0.5, 0.6) is 5.75 Å². The van der Waals surface area contributed by atoms with E-state index in [1.165, 1.54) is 10.8 Å². The van der Waals surface area contributed by atoms with Gasteiger partial charge in [-0.05, 0) is 49.1 Å². The number of nitrogens with two attached hydrogens (primary N) is 1. The number of hydrogen-bond donors (Lipinski definition) is 3. The number of nitrogen functional groups attached to an aromatic ring is 1. The molecule has 4 N–H and O–H groups in total. The molecule has 10 heteroatoms. The first kappa shape index (κ1) is 21.6. The van der Waals surface area contributed by atoms with Gasteiger partial charge in [0.2, 0.25) is 0 Å². The van der Waals surface area contributed by atoms with Crippen molar-refractivity contribution >= 4 is 17.5 Å². The largest absolute Gasteiger partial charge is 0.514 e. The molecule has 5 atom stereocenters. The molecule has 33 heavy (non-hydrogen) atoms. The van der Waals surface area contributed by atoms with Crippen molar-refractivity contribution < 1.29 is 29.2 Å². The predicted molar refractivity (Wildman–Crippen MR) is 117 cm³/mol. The molecule has 1 saturated heterocycles. The van der Waals surface area contributed by atoms with Crippen LogP contribution >= 0.6 is 0 Å². The fourth-order valence-electron chi connectivity index (χ4n) is 4.68. The van der Waals surface area contributed by atoms with Crippen LogP contribution in [0, 0.1) is 6.92 Å². The molecule has 0 spiro atoms. The topological polar surface area (TPSA) is 141 Å². The summed E-state index contributed by atoms with van der Waals surface area (Å²) in [4.78, 5) is 16.5. The van der Waals surface area contributed by atoms with Gasteiger partial charge in [-0.2, -0.15) is 5.10 Å². The van der Waals surface area contributed by atoms with E-state index in [1.807, 2.05) is 32.9 Å². The monoisotopic (exact) mass is 454 g/mol. The summed E-state index contributed by atoms with van der Waals surface area (Å²) >= 11 is 0. The lowest BCUT2D eigenvalue weighted by Crippen LogP contribution is -2.46. The first-order valence-corrected chi connectivity index (χ1v) is 10.7. The maximum Gasteiger partial charge on any atom is 0.514 e. The van der Waals surface area contributed by atoms with Crippen molar-refractivity contribution in [3.63, 3.8) is 0 Å². The minimum atomic E-state index is -1.77. The molecular formula is C23H26N4O6. The van der Waals surface area contributed by atoms with Gasteiger partial charge >= 0.3 is 6.16 Å². The van der Waals surface area contributed by atoms with Crippen molar-refractivity contribution in [2.24, 2.45) is 0 Å². The summed E-state index contributed by atoms with van der Waals surface area (Å²) in [5.41, 5.74) is 5.64. The summed E-state index contributed by atoms with van der Waals surface area (Å²) in [6.45, 7) is 7.52. The van der Waals surface area contributed by atoms with Gasteiger partial charge in [0.1, 0.15) is 35.4 Å². The molecule has 174 valence electrons. The average molecular weight is 454 g/mol. The van der Waals surface area contributed by atoms with Gasteiger partial charge in [-0.15, -0.1) is 0 Å². The van der Waals surface area contributed by atoms with E-state index in [2.05, 4.69) is 10.1 Å². The Bertz CT molecular complexity index is 1260. The number of benzene rings is 1. The number of ether oxygens (including phenoxy) is 3. The Labute approximate surface area is 189 Å². The van der Waals surface area contributed by atoms with Crippen LogP contribution in [-0.2, 0) is 15.1 Å². The summed E-state index contributed by atoms with van der Waals surface area (Å²) in [5.74, 6) is 0.812. The molecule has 5 rings (SSSR count). The van der Waals surface area contributed by atoms with Crippen molar-refractivity contribution in [3.8, 4) is 5.75 Å². The van der Waals surface area contributed by atoms with E-state index in [4.69, 9.17) is 19.9 Å². The molecule has 3 heterocycles. The Morgan fingerprint density at radius 2 is 2.06 bits per heavy atom. The number of hydrogen-bond acceptors (Lipinski definition) is 9. The van der Waals surface area contributed by atoms with Crippen molar-refractivity contribution in [3.05, 3.63) is 53.5 Å². The first-order chi connectivity index (χ1) is 15.6. The molecule has 2 aliphatic rings. The number of aromatic nitrogens is 3. The lowest BCUT2D eigenvalue weighted by atomic mass is 9.91. The van der Waals surface area contributed by atoms with Crippen molar-refractivity contribution in [1.29, 1.82) is 0 Å². The lowest BCUT2D eigenvalue weighted by Gasteiger charge is -2.32. The smallest absolute Gasteiger partial charge is 0.424 e. The molecule has 10 nitrogen and oxygen atoms in total. The van der Waals surface area contributed by atoms with Crippen LogP contribution in [0.15, 0.2) is 36.7 Å². The van der Waals surface area contributed by atoms with Gasteiger partial charge in [0.25, 0.3) is 0 Å². The molecule has 1 saturated carbocycles. The second-order valence-electron chi connectivity index (χ2n) is 9.18. The number of nitrogens with zero attached hydrogens (tertiary/aromatic N) is 3. The number of fused-ring (bicyclic) bond motifs is 2. The van der Waals surface area contributed by atoms with Crippen LogP contribution < -0.4 is 10.5 Å². The third kappa shape index (κ3) is 3.09. The van der Waals surface area contributed by atoms with Gasteiger partial charge in [-0.25, -0.2) is 14.3 Å². The standard InChI is InChI=1S/C23H26N4O6/c1-11(2)13-6-5-12(3)9-15(13)31-21(29)32-17-18-23(17,30)20(28)22(4,33-18)16-8-7-14-19(24)25-10-26-27(14)16/h5-11,17-18,20,28,30H,1-4H3,(H2,24,25,26)/t17?,18-,20+,22+,23-/m1/s1. The normalized spacial score (nSPS) is 30.5. The van der Waals surface area contributed by atoms with Gasteiger partial charge in [0, 0.05) is 0 Å². The summed E-state index contributed by atoms with van der Waals surface area (Å²) in [7, 11) is 0. The number of aliphatic hydroxyl groups is 2. The van der Waals surface area contributed by atoms with Crippen LogP contribution in [0.25, 0.3) is 5.52 Å². The second kappa shape index (κ2) is 7.14. The number of rotatable bonds is 4. The number of aryl methyl sites for hydroxylation is 1. The number of aliphatic hydroxyl groups excluding tert-OH is 1. The first-order valence-electron chi connectivity index (χ1n) is 10.7. The molecule has 0 bridgehead atoms. The van der Waals surface area contributed by atoms with E-state index in [-0.39, 0.29) is 11.7 Å². The van der Waals surface area contributed by atoms with Gasteiger partial charge in [-0.3, -0.25) is 0 Å². The van der Waals surface area contributed by atoms with Crippen LogP contribution in [0.3, 0.4) is 0 Å². The Morgan fingerprint density at radius 1 is 1.30 bits per heavy atom. The molecule has 1 aromatic carbocycles. The summed E-state index contributed by atoms with van der Waals surface area (Å²) in [6.07, 6.45) is -3.05. The highest BCUT2D eigenvalue weighted by Gasteiger charge is 2.82. The van der Waals surface area contributed by atoms with Gasteiger partial charge in [0.05, 0.1) is 5.69 Å². The molecule has 2 fully saturated rings. The molecule has 2 aromatic heterocycles.